The van der Waals surface area contributed by atoms with E-state index >= 15 is 0 Å². The summed E-state index contributed by atoms with van der Waals surface area (Å²) in [6.45, 7) is 2.77. The van der Waals surface area contributed by atoms with E-state index in [4.69, 9.17) is 0 Å². The van der Waals surface area contributed by atoms with Crippen molar-refractivity contribution in [3.8, 4) is 0 Å². The summed E-state index contributed by atoms with van der Waals surface area (Å²) in [6.07, 6.45) is 0.631. The maximum absolute atomic E-state index is 11.0. The number of rotatable bonds is 6. The quantitative estimate of drug-likeness (QED) is 0.627. The predicted molar refractivity (Wildman–Crippen MR) is 87.4 cm³/mol. The number of halogens is 1. The van der Waals surface area contributed by atoms with Gasteiger partial charge in [0.25, 0.3) is 5.69 Å². The van der Waals surface area contributed by atoms with Crippen molar-refractivity contribution in [2.45, 2.75) is 19.4 Å². The Morgan fingerprint density at radius 3 is 2.57 bits per heavy atom. The fourth-order valence-electron chi connectivity index (χ4n) is 2.26. The minimum Gasteiger partial charge on any atom is -0.310 e. The van der Waals surface area contributed by atoms with Crippen molar-refractivity contribution in [1.82, 2.24) is 5.32 Å². The molecule has 0 aliphatic carbocycles. The molecule has 2 rings (SSSR count). The van der Waals surface area contributed by atoms with Gasteiger partial charge in [0.1, 0.15) is 0 Å². The molecule has 0 unspecified atom stereocenters. The monoisotopic (exact) mass is 348 g/mol. The smallest absolute Gasteiger partial charge is 0.272 e. The Kier molecular flexibility index (Phi) is 5.47. The van der Waals surface area contributed by atoms with Crippen LogP contribution in [0.3, 0.4) is 0 Å². The SMILES string of the molecule is C[C@@H](NCCc1ccccc1[N+](=O)[O-])c1ccccc1Br. The van der Waals surface area contributed by atoms with E-state index in [-0.39, 0.29) is 16.7 Å². The van der Waals surface area contributed by atoms with E-state index in [9.17, 15) is 10.1 Å². The van der Waals surface area contributed by atoms with E-state index in [0.29, 0.717) is 13.0 Å². The Morgan fingerprint density at radius 2 is 1.86 bits per heavy atom. The number of benzene rings is 2. The third-order valence-electron chi connectivity index (χ3n) is 3.40. The average Bonchev–Trinajstić information content (AvgIpc) is 2.48. The summed E-state index contributed by atoms with van der Waals surface area (Å²) >= 11 is 3.54. The van der Waals surface area contributed by atoms with Crippen molar-refractivity contribution in [1.29, 1.82) is 0 Å². The van der Waals surface area contributed by atoms with Crippen molar-refractivity contribution in [2.24, 2.45) is 0 Å². The minimum atomic E-state index is -0.327. The van der Waals surface area contributed by atoms with Gasteiger partial charge in [-0.05, 0) is 31.5 Å². The average molecular weight is 349 g/mol. The van der Waals surface area contributed by atoms with Crippen LogP contribution >= 0.6 is 15.9 Å². The molecule has 2 aromatic carbocycles. The van der Waals surface area contributed by atoms with Crippen LogP contribution in [0.1, 0.15) is 24.1 Å². The first-order valence-corrected chi connectivity index (χ1v) is 7.59. The van der Waals surface area contributed by atoms with Gasteiger partial charge in [-0.25, -0.2) is 0 Å². The van der Waals surface area contributed by atoms with Crippen molar-refractivity contribution >= 4 is 21.6 Å². The second-order valence-corrected chi connectivity index (χ2v) is 5.69. The highest BCUT2D eigenvalue weighted by Gasteiger charge is 2.13. The molecule has 0 aliphatic rings. The molecule has 21 heavy (non-hydrogen) atoms. The zero-order valence-electron chi connectivity index (χ0n) is 11.8. The van der Waals surface area contributed by atoms with Crippen LogP contribution < -0.4 is 5.32 Å². The molecular weight excluding hydrogens is 332 g/mol. The van der Waals surface area contributed by atoms with Gasteiger partial charge in [-0.15, -0.1) is 0 Å². The van der Waals surface area contributed by atoms with Gasteiger partial charge in [-0.2, -0.15) is 0 Å². The van der Waals surface area contributed by atoms with E-state index in [1.54, 1.807) is 12.1 Å². The Hall–Kier alpha value is -1.72. The van der Waals surface area contributed by atoms with Crippen LogP contribution in [0.15, 0.2) is 53.0 Å². The highest BCUT2D eigenvalue weighted by atomic mass is 79.9. The van der Waals surface area contributed by atoms with Crippen LogP contribution in [0, 0.1) is 10.1 Å². The summed E-state index contributed by atoms with van der Waals surface area (Å²) in [5.41, 5.74) is 2.13. The summed E-state index contributed by atoms with van der Waals surface area (Å²) in [5, 5.41) is 14.4. The number of nitrogens with zero attached hydrogens (tertiary/aromatic N) is 1. The lowest BCUT2D eigenvalue weighted by Gasteiger charge is -2.15. The van der Waals surface area contributed by atoms with Gasteiger partial charge < -0.3 is 5.32 Å². The number of para-hydroxylation sites is 1. The van der Waals surface area contributed by atoms with Crippen LogP contribution in [-0.2, 0) is 6.42 Å². The lowest BCUT2D eigenvalue weighted by molar-refractivity contribution is -0.385. The molecule has 0 heterocycles. The lowest BCUT2D eigenvalue weighted by Crippen LogP contribution is -2.21. The summed E-state index contributed by atoms with van der Waals surface area (Å²) in [6, 6.07) is 15.1. The normalized spacial score (nSPS) is 12.1. The zero-order chi connectivity index (χ0) is 15.2. The van der Waals surface area contributed by atoms with Crippen molar-refractivity contribution in [2.75, 3.05) is 6.54 Å². The molecule has 4 nitrogen and oxygen atoms in total. The Bertz CT molecular complexity index is 631. The van der Waals surface area contributed by atoms with Gasteiger partial charge in [-0.1, -0.05) is 52.3 Å². The minimum absolute atomic E-state index is 0.184. The van der Waals surface area contributed by atoms with Crippen LogP contribution in [-0.4, -0.2) is 11.5 Å². The predicted octanol–water partition coefficient (Wildman–Crippen LogP) is 4.25. The van der Waals surface area contributed by atoms with Crippen molar-refractivity contribution in [3.05, 3.63) is 74.2 Å². The number of nitro benzene ring substituents is 1. The highest BCUT2D eigenvalue weighted by molar-refractivity contribution is 9.10. The van der Waals surface area contributed by atoms with Gasteiger partial charge >= 0.3 is 0 Å². The molecule has 2 aromatic rings. The third-order valence-corrected chi connectivity index (χ3v) is 4.13. The summed E-state index contributed by atoms with van der Waals surface area (Å²) in [7, 11) is 0. The van der Waals surface area contributed by atoms with Crippen LogP contribution in [0.5, 0.6) is 0 Å². The highest BCUT2D eigenvalue weighted by Crippen LogP contribution is 2.23. The van der Waals surface area contributed by atoms with Gasteiger partial charge in [0.05, 0.1) is 4.92 Å². The third kappa shape index (κ3) is 4.12. The summed E-state index contributed by atoms with van der Waals surface area (Å²) < 4.78 is 1.07. The molecule has 5 heteroatoms. The summed E-state index contributed by atoms with van der Waals surface area (Å²) in [5.74, 6) is 0. The molecule has 110 valence electrons. The van der Waals surface area contributed by atoms with Gasteiger partial charge in [0.15, 0.2) is 0 Å². The van der Waals surface area contributed by atoms with Gasteiger partial charge in [0, 0.05) is 22.1 Å². The first-order valence-electron chi connectivity index (χ1n) is 6.79. The molecule has 0 radical (unpaired) electrons. The number of hydrogen-bond donors (Lipinski definition) is 1. The van der Waals surface area contributed by atoms with E-state index in [1.807, 2.05) is 30.3 Å². The van der Waals surface area contributed by atoms with Crippen LogP contribution in [0.2, 0.25) is 0 Å². The molecular formula is C16H17BrN2O2. The standard InChI is InChI=1S/C16H17BrN2O2/c1-12(14-7-3-4-8-15(14)17)18-11-10-13-6-2-5-9-16(13)19(20)21/h2-9,12,18H,10-11H2,1H3/t12-/m1/s1. The molecule has 0 fully saturated rings. The number of hydrogen-bond acceptors (Lipinski definition) is 3. The van der Waals surface area contributed by atoms with Crippen LogP contribution in [0.25, 0.3) is 0 Å². The van der Waals surface area contributed by atoms with Crippen LogP contribution in [0.4, 0.5) is 5.69 Å². The Balaban J connectivity index is 1.96. The number of nitro groups is 1. The van der Waals surface area contributed by atoms with Gasteiger partial charge in [0.2, 0.25) is 0 Å². The summed E-state index contributed by atoms with van der Waals surface area (Å²) in [4.78, 5) is 10.6. The van der Waals surface area contributed by atoms with Crippen molar-refractivity contribution in [3.63, 3.8) is 0 Å². The molecule has 0 saturated heterocycles. The number of nitrogens with one attached hydrogen (secondary N) is 1. The first kappa shape index (κ1) is 15.7. The Labute approximate surface area is 132 Å². The van der Waals surface area contributed by atoms with Gasteiger partial charge in [-0.3, -0.25) is 10.1 Å². The fraction of sp³-hybridized carbons (Fsp3) is 0.250. The fourth-order valence-corrected chi connectivity index (χ4v) is 2.89. The molecule has 0 bridgehead atoms. The molecule has 0 saturated carbocycles. The molecule has 0 aromatic heterocycles. The maximum Gasteiger partial charge on any atom is 0.272 e. The molecule has 1 N–H and O–H groups in total. The van der Waals surface area contributed by atoms with E-state index in [2.05, 4.69) is 34.2 Å². The molecule has 0 amide bonds. The van der Waals surface area contributed by atoms with E-state index < -0.39 is 0 Å². The first-order chi connectivity index (χ1) is 10.1. The lowest BCUT2D eigenvalue weighted by atomic mass is 10.1. The molecule has 1 atom stereocenters. The zero-order valence-corrected chi connectivity index (χ0v) is 13.3. The molecule has 0 spiro atoms. The Morgan fingerprint density at radius 1 is 1.19 bits per heavy atom. The second-order valence-electron chi connectivity index (χ2n) is 4.83. The van der Waals surface area contributed by atoms with E-state index in [1.165, 1.54) is 5.56 Å². The molecule has 0 aliphatic heterocycles. The largest absolute Gasteiger partial charge is 0.310 e. The van der Waals surface area contributed by atoms with Crippen molar-refractivity contribution < 1.29 is 4.92 Å². The second kappa shape index (κ2) is 7.33. The van der Waals surface area contributed by atoms with E-state index in [0.717, 1.165) is 10.0 Å². The topological polar surface area (TPSA) is 55.2 Å². The maximum atomic E-state index is 11.0.